The molecule has 2 aromatic rings. The van der Waals surface area contributed by atoms with E-state index in [0.717, 1.165) is 11.1 Å². The number of benzene rings is 2. The smallest absolute Gasteiger partial charge is 0.258 e. The highest BCUT2D eigenvalue weighted by molar-refractivity contribution is 6.33. The van der Waals surface area contributed by atoms with Crippen LogP contribution >= 0.6 is 23.2 Å². The lowest BCUT2D eigenvalue weighted by atomic mass is 10.1. The van der Waals surface area contributed by atoms with E-state index in [1.165, 1.54) is 12.1 Å². The molecule has 0 unspecified atom stereocenters. The molecule has 0 heterocycles. The Hall–Kier alpha value is -1.58. The van der Waals surface area contributed by atoms with E-state index in [1.807, 2.05) is 12.1 Å². The Morgan fingerprint density at radius 3 is 2.18 bits per heavy atom. The molecule has 3 nitrogen and oxygen atoms in total. The molecule has 5 heteroatoms. The van der Waals surface area contributed by atoms with Gasteiger partial charge in [-0.1, -0.05) is 35.3 Å². The summed E-state index contributed by atoms with van der Waals surface area (Å²) in [5, 5.41) is 11.6. The number of nitro groups is 1. The van der Waals surface area contributed by atoms with Gasteiger partial charge in [0.2, 0.25) is 0 Å². The third-order valence-electron chi connectivity index (χ3n) is 2.32. The Morgan fingerprint density at radius 2 is 1.65 bits per heavy atom. The first kappa shape index (κ1) is 11.9. The maximum atomic E-state index is 10.6. The summed E-state index contributed by atoms with van der Waals surface area (Å²) in [5.41, 5.74) is 1.59. The number of nitro benzene ring substituents is 1. The lowest BCUT2D eigenvalue weighted by Crippen LogP contribution is -1.88. The number of nitrogens with zero attached hydrogens (tertiary/aromatic N) is 1. The van der Waals surface area contributed by atoms with E-state index >= 15 is 0 Å². The normalized spacial score (nSPS) is 10.2. The Morgan fingerprint density at radius 1 is 1.00 bits per heavy atom. The largest absolute Gasteiger partial charge is 0.270 e. The number of halogens is 2. The Bertz CT molecular complexity index is 567. The van der Waals surface area contributed by atoms with E-state index in [1.54, 1.807) is 18.2 Å². The van der Waals surface area contributed by atoms with Gasteiger partial charge in [-0.3, -0.25) is 10.1 Å². The average Bonchev–Trinajstić information content (AvgIpc) is 2.30. The first-order chi connectivity index (χ1) is 8.08. The Labute approximate surface area is 108 Å². The molecule has 0 aliphatic heterocycles. The van der Waals surface area contributed by atoms with E-state index in [0.29, 0.717) is 10.0 Å². The predicted octanol–water partition coefficient (Wildman–Crippen LogP) is 4.57. The molecule has 0 N–H and O–H groups in total. The van der Waals surface area contributed by atoms with Crippen molar-refractivity contribution in [2.24, 2.45) is 0 Å². The lowest BCUT2D eigenvalue weighted by Gasteiger charge is -2.04. The molecule has 0 aliphatic rings. The number of non-ortho nitro benzene ring substituents is 1. The van der Waals surface area contributed by atoms with Crippen LogP contribution in [0.4, 0.5) is 5.69 Å². The summed E-state index contributed by atoms with van der Waals surface area (Å²) in [7, 11) is 0. The van der Waals surface area contributed by atoms with E-state index in [4.69, 9.17) is 23.2 Å². The number of hydrogen-bond donors (Lipinski definition) is 0. The summed E-state index contributed by atoms with van der Waals surface area (Å²) < 4.78 is 0. The highest BCUT2D eigenvalue weighted by Crippen LogP contribution is 2.31. The fourth-order valence-electron chi connectivity index (χ4n) is 1.48. The van der Waals surface area contributed by atoms with Gasteiger partial charge in [0.15, 0.2) is 0 Å². The highest BCUT2D eigenvalue weighted by Gasteiger charge is 2.10. The molecule has 2 aromatic carbocycles. The van der Waals surface area contributed by atoms with Crippen molar-refractivity contribution < 1.29 is 4.92 Å². The van der Waals surface area contributed by atoms with Crippen molar-refractivity contribution in [3.05, 3.63) is 62.6 Å². The van der Waals surface area contributed by atoms with Crippen LogP contribution in [0, 0.1) is 10.1 Å². The summed E-state index contributed by atoms with van der Waals surface area (Å²) in [6, 6.07) is 11.5. The van der Waals surface area contributed by atoms with E-state index in [9.17, 15) is 10.1 Å². The fourth-order valence-corrected chi connectivity index (χ4v) is 1.89. The summed E-state index contributed by atoms with van der Waals surface area (Å²) in [6.07, 6.45) is 0. The van der Waals surface area contributed by atoms with Crippen LogP contribution < -0.4 is 0 Å². The third kappa shape index (κ3) is 2.57. The summed E-state index contributed by atoms with van der Waals surface area (Å²) >= 11 is 11.8. The molecule has 17 heavy (non-hydrogen) atoms. The maximum Gasteiger partial charge on any atom is 0.270 e. The van der Waals surface area contributed by atoms with Gasteiger partial charge < -0.3 is 0 Å². The van der Waals surface area contributed by atoms with Crippen LogP contribution in [0.1, 0.15) is 0 Å². The second kappa shape index (κ2) is 4.73. The number of hydrogen-bond acceptors (Lipinski definition) is 2. The van der Waals surface area contributed by atoms with E-state index < -0.39 is 4.92 Å². The maximum absolute atomic E-state index is 10.6. The monoisotopic (exact) mass is 267 g/mol. The molecule has 86 valence electrons. The summed E-state index contributed by atoms with van der Waals surface area (Å²) in [4.78, 5) is 10.1. The molecule has 0 saturated heterocycles. The molecule has 0 aliphatic carbocycles. The standard InChI is InChI=1S/C12H7Cl2NO2/c13-9-3-1-8(2-4-9)11-6-5-10(15(16)17)7-12(11)14/h1-7H. The van der Waals surface area contributed by atoms with Gasteiger partial charge in [0.25, 0.3) is 5.69 Å². The molecule has 0 amide bonds. The third-order valence-corrected chi connectivity index (χ3v) is 2.88. The van der Waals surface area contributed by atoms with Gasteiger partial charge in [-0.2, -0.15) is 0 Å². The zero-order valence-corrected chi connectivity index (χ0v) is 10.1. The van der Waals surface area contributed by atoms with Gasteiger partial charge in [-0.15, -0.1) is 0 Å². The van der Waals surface area contributed by atoms with Crippen molar-refractivity contribution in [3.63, 3.8) is 0 Å². The zero-order valence-electron chi connectivity index (χ0n) is 8.56. The van der Waals surface area contributed by atoms with Gasteiger partial charge in [0, 0.05) is 22.7 Å². The minimum absolute atomic E-state index is 0.0206. The first-order valence-electron chi connectivity index (χ1n) is 4.78. The van der Waals surface area contributed by atoms with Crippen molar-refractivity contribution in [1.29, 1.82) is 0 Å². The van der Waals surface area contributed by atoms with E-state index in [-0.39, 0.29) is 5.69 Å². The van der Waals surface area contributed by atoms with Gasteiger partial charge in [-0.05, 0) is 23.8 Å². The van der Waals surface area contributed by atoms with Gasteiger partial charge in [-0.25, -0.2) is 0 Å². The second-order valence-corrected chi connectivity index (χ2v) is 4.27. The topological polar surface area (TPSA) is 43.1 Å². The lowest BCUT2D eigenvalue weighted by molar-refractivity contribution is -0.384. The molecule has 0 fully saturated rings. The molecule has 0 bridgehead atoms. The molecule has 0 atom stereocenters. The minimum Gasteiger partial charge on any atom is -0.258 e. The Kier molecular flexibility index (Phi) is 3.31. The first-order valence-corrected chi connectivity index (χ1v) is 5.53. The van der Waals surface area contributed by atoms with Crippen LogP contribution in [-0.4, -0.2) is 4.92 Å². The minimum atomic E-state index is -0.475. The van der Waals surface area contributed by atoms with Crippen LogP contribution in [-0.2, 0) is 0 Å². The van der Waals surface area contributed by atoms with E-state index in [2.05, 4.69) is 0 Å². The van der Waals surface area contributed by atoms with Crippen molar-refractivity contribution in [2.75, 3.05) is 0 Å². The molecule has 2 rings (SSSR count). The van der Waals surface area contributed by atoms with Crippen LogP contribution in [0.2, 0.25) is 10.0 Å². The van der Waals surface area contributed by atoms with Crippen LogP contribution in [0.15, 0.2) is 42.5 Å². The predicted molar refractivity (Wildman–Crippen MR) is 68.6 cm³/mol. The zero-order chi connectivity index (χ0) is 12.4. The number of rotatable bonds is 2. The summed E-state index contributed by atoms with van der Waals surface area (Å²) in [6.45, 7) is 0. The molecule has 0 aromatic heterocycles. The quantitative estimate of drug-likeness (QED) is 0.591. The van der Waals surface area contributed by atoms with Crippen LogP contribution in [0.25, 0.3) is 11.1 Å². The molecule has 0 radical (unpaired) electrons. The Balaban J connectivity index is 2.46. The van der Waals surface area contributed by atoms with Crippen LogP contribution in [0.3, 0.4) is 0 Å². The molecule has 0 spiro atoms. The highest BCUT2D eigenvalue weighted by atomic mass is 35.5. The molecule has 0 saturated carbocycles. The van der Waals surface area contributed by atoms with Gasteiger partial charge >= 0.3 is 0 Å². The van der Waals surface area contributed by atoms with Crippen molar-refractivity contribution in [1.82, 2.24) is 0 Å². The van der Waals surface area contributed by atoms with Crippen molar-refractivity contribution in [2.45, 2.75) is 0 Å². The molecular formula is C12H7Cl2NO2. The summed E-state index contributed by atoms with van der Waals surface area (Å²) in [5.74, 6) is 0. The van der Waals surface area contributed by atoms with Gasteiger partial charge in [0.05, 0.1) is 9.95 Å². The SMILES string of the molecule is O=[N+]([O-])c1ccc(-c2ccc(Cl)cc2)c(Cl)c1. The average molecular weight is 268 g/mol. The fraction of sp³-hybridized carbons (Fsp3) is 0. The van der Waals surface area contributed by atoms with Crippen molar-refractivity contribution >= 4 is 28.9 Å². The molecular weight excluding hydrogens is 261 g/mol. The van der Waals surface area contributed by atoms with Gasteiger partial charge in [0.1, 0.15) is 0 Å². The van der Waals surface area contributed by atoms with Crippen molar-refractivity contribution in [3.8, 4) is 11.1 Å². The van der Waals surface area contributed by atoms with Crippen LogP contribution in [0.5, 0.6) is 0 Å². The second-order valence-electron chi connectivity index (χ2n) is 3.43.